The lowest BCUT2D eigenvalue weighted by Gasteiger charge is -2.24. The monoisotopic (exact) mass is 347 g/mol. The van der Waals surface area contributed by atoms with Crippen molar-refractivity contribution in [2.45, 2.75) is 12.3 Å². The number of ether oxygens (including phenoxy) is 1. The minimum atomic E-state index is -0.843. The number of halogens is 1. The highest BCUT2D eigenvalue weighted by atomic mass is 19.1. The number of carbonyl (C=O) groups is 1. The van der Waals surface area contributed by atoms with Crippen LogP contribution in [0.5, 0.6) is 5.75 Å². The van der Waals surface area contributed by atoms with Gasteiger partial charge in [0.15, 0.2) is 0 Å². The fraction of sp³-hybridized carbons (Fsp3) is 0.136. The summed E-state index contributed by atoms with van der Waals surface area (Å²) in [7, 11) is 1.64. The first kappa shape index (κ1) is 16.3. The molecule has 0 amide bonds. The van der Waals surface area contributed by atoms with Gasteiger partial charge in [0, 0.05) is 17.1 Å². The van der Waals surface area contributed by atoms with Crippen LogP contribution in [0.25, 0.3) is 21.7 Å². The van der Waals surface area contributed by atoms with Crippen LogP contribution in [0.15, 0.2) is 60.8 Å². The fourth-order valence-corrected chi connectivity index (χ4v) is 3.49. The maximum Gasteiger partial charge on any atom is 0.134 e. The van der Waals surface area contributed by atoms with Gasteiger partial charge in [-0.05, 0) is 65.2 Å². The Hall–Kier alpha value is -3.14. The van der Waals surface area contributed by atoms with Crippen LogP contribution in [0, 0.1) is 5.82 Å². The zero-order valence-electron chi connectivity index (χ0n) is 14.5. The molecule has 4 rings (SSSR count). The lowest BCUT2D eigenvalue weighted by atomic mass is 9.77. The Kier molecular flexibility index (Phi) is 3.76. The molecule has 130 valence electrons. The Morgan fingerprint density at radius 1 is 1.04 bits per heavy atom. The number of hydrogen-bond donors (Lipinski definition) is 1. The Bertz CT molecular complexity index is 1130. The second-order valence-corrected chi connectivity index (χ2v) is 6.64. The van der Waals surface area contributed by atoms with Gasteiger partial charge in [-0.2, -0.15) is 0 Å². The molecule has 0 unspecified atom stereocenters. The van der Waals surface area contributed by atoms with E-state index in [0.717, 1.165) is 39.3 Å². The highest BCUT2D eigenvalue weighted by Gasteiger charge is 2.31. The summed E-state index contributed by atoms with van der Waals surface area (Å²) >= 11 is 0. The minimum Gasteiger partial charge on any atom is -0.497 e. The summed E-state index contributed by atoms with van der Waals surface area (Å²) in [6.45, 7) is 1.89. The lowest BCUT2D eigenvalue weighted by molar-refractivity contribution is -0.110. The van der Waals surface area contributed by atoms with E-state index in [0.29, 0.717) is 5.52 Å². The molecule has 1 heterocycles. The Labute approximate surface area is 150 Å². The largest absolute Gasteiger partial charge is 0.497 e. The third-order valence-corrected chi connectivity index (χ3v) is 5.09. The number of fused-ring (bicyclic) bond motifs is 2. The molecule has 0 aliphatic rings. The number of aromatic nitrogens is 1. The predicted molar refractivity (Wildman–Crippen MR) is 101 cm³/mol. The molecule has 26 heavy (non-hydrogen) atoms. The molecular formula is C22H18FNO2. The minimum absolute atomic E-state index is 0.307. The van der Waals surface area contributed by atoms with Crippen LogP contribution < -0.4 is 4.74 Å². The molecule has 3 nitrogen and oxygen atoms in total. The smallest absolute Gasteiger partial charge is 0.134 e. The van der Waals surface area contributed by atoms with Gasteiger partial charge in [0.1, 0.15) is 17.9 Å². The molecule has 0 saturated carbocycles. The molecule has 4 aromatic rings. The van der Waals surface area contributed by atoms with Gasteiger partial charge >= 0.3 is 0 Å². The lowest BCUT2D eigenvalue weighted by Crippen LogP contribution is -2.25. The van der Waals surface area contributed by atoms with E-state index in [4.69, 9.17) is 4.74 Å². The van der Waals surface area contributed by atoms with Crippen molar-refractivity contribution in [1.82, 2.24) is 4.98 Å². The summed E-state index contributed by atoms with van der Waals surface area (Å²) in [6, 6.07) is 16.4. The van der Waals surface area contributed by atoms with E-state index in [2.05, 4.69) is 4.98 Å². The molecule has 0 saturated heterocycles. The molecule has 1 N–H and O–H groups in total. The zero-order valence-corrected chi connectivity index (χ0v) is 14.5. The molecular weight excluding hydrogens is 329 g/mol. The Morgan fingerprint density at radius 3 is 2.58 bits per heavy atom. The SMILES string of the molecule is COc1ccc2cc([C@](C)(C=O)c3c[nH]c4cc(F)ccc34)ccc2c1. The molecule has 0 fully saturated rings. The van der Waals surface area contributed by atoms with Crippen molar-refractivity contribution in [3.05, 3.63) is 77.7 Å². The standard InChI is InChI=1S/C22H18FNO2/c1-22(13-25,20-12-24-21-11-17(23)6-8-19(20)21)16-5-3-15-10-18(26-2)7-4-14(15)9-16/h3-13,24H,1-2H3/t22-/m0/s1. The summed E-state index contributed by atoms with van der Waals surface area (Å²) in [5, 5.41) is 2.92. The summed E-state index contributed by atoms with van der Waals surface area (Å²) in [4.78, 5) is 15.2. The van der Waals surface area contributed by atoms with Gasteiger partial charge in [-0.25, -0.2) is 4.39 Å². The van der Waals surface area contributed by atoms with Gasteiger partial charge in [0.2, 0.25) is 0 Å². The zero-order chi connectivity index (χ0) is 18.3. The van der Waals surface area contributed by atoms with Crippen molar-refractivity contribution in [2.75, 3.05) is 7.11 Å². The van der Waals surface area contributed by atoms with E-state index in [9.17, 15) is 9.18 Å². The number of aldehydes is 1. The first-order valence-corrected chi connectivity index (χ1v) is 8.37. The Balaban J connectivity index is 1.89. The van der Waals surface area contributed by atoms with E-state index < -0.39 is 5.41 Å². The summed E-state index contributed by atoms with van der Waals surface area (Å²) in [5.41, 5.74) is 1.55. The number of H-pyrrole nitrogens is 1. The van der Waals surface area contributed by atoms with Crippen LogP contribution in [-0.2, 0) is 10.2 Å². The van der Waals surface area contributed by atoms with Gasteiger partial charge < -0.3 is 14.5 Å². The summed E-state index contributed by atoms with van der Waals surface area (Å²) in [5.74, 6) is 0.486. The van der Waals surface area contributed by atoms with E-state index in [-0.39, 0.29) is 5.82 Å². The normalized spacial score (nSPS) is 13.7. The van der Waals surface area contributed by atoms with E-state index in [1.54, 1.807) is 19.4 Å². The van der Waals surface area contributed by atoms with E-state index in [1.165, 1.54) is 12.1 Å². The third kappa shape index (κ3) is 2.46. The number of hydrogen-bond acceptors (Lipinski definition) is 2. The number of aromatic amines is 1. The van der Waals surface area contributed by atoms with Crippen molar-refractivity contribution in [2.24, 2.45) is 0 Å². The van der Waals surface area contributed by atoms with E-state index >= 15 is 0 Å². The summed E-state index contributed by atoms with van der Waals surface area (Å²) in [6.07, 6.45) is 2.74. The quantitative estimate of drug-likeness (QED) is 0.529. The first-order valence-electron chi connectivity index (χ1n) is 8.37. The van der Waals surface area contributed by atoms with Gasteiger partial charge in [-0.1, -0.05) is 18.2 Å². The van der Waals surface area contributed by atoms with Crippen LogP contribution in [0.2, 0.25) is 0 Å². The summed E-state index contributed by atoms with van der Waals surface area (Å²) < 4.78 is 18.8. The molecule has 0 bridgehead atoms. The van der Waals surface area contributed by atoms with Crippen LogP contribution >= 0.6 is 0 Å². The van der Waals surface area contributed by atoms with Crippen molar-refractivity contribution in [3.8, 4) is 5.75 Å². The Morgan fingerprint density at radius 2 is 1.81 bits per heavy atom. The molecule has 0 aliphatic heterocycles. The number of methoxy groups -OCH3 is 1. The van der Waals surface area contributed by atoms with Crippen LogP contribution in [0.1, 0.15) is 18.1 Å². The molecule has 1 atom stereocenters. The van der Waals surface area contributed by atoms with Gasteiger partial charge in [-0.3, -0.25) is 0 Å². The van der Waals surface area contributed by atoms with Gasteiger partial charge in [0.05, 0.1) is 12.5 Å². The highest BCUT2D eigenvalue weighted by Crippen LogP contribution is 2.36. The van der Waals surface area contributed by atoms with Crippen molar-refractivity contribution < 1.29 is 13.9 Å². The molecule has 1 aromatic heterocycles. The third-order valence-electron chi connectivity index (χ3n) is 5.09. The number of nitrogens with one attached hydrogen (secondary N) is 1. The molecule has 0 spiro atoms. The molecule has 3 aromatic carbocycles. The van der Waals surface area contributed by atoms with Gasteiger partial charge in [-0.15, -0.1) is 0 Å². The predicted octanol–water partition coefficient (Wildman–Crippen LogP) is 4.97. The highest BCUT2D eigenvalue weighted by molar-refractivity contribution is 5.92. The van der Waals surface area contributed by atoms with Crippen LogP contribution in [0.3, 0.4) is 0 Å². The van der Waals surface area contributed by atoms with Crippen molar-refractivity contribution in [1.29, 1.82) is 0 Å². The average molecular weight is 347 g/mol. The maximum atomic E-state index is 13.5. The first-order chi connectivity index (χ1) is 12.5. The number of benzene rings is 3. The van der Waals surface area contributed by atoms with Crippen LogP contribution in [0.4, 0.5) is 4.39 Å². The van der Waals surface area contributed by atoms with Crippen LogP contribution in [-0.4, -0.2) is 18.4 Å². The maximum absolute atomic E-state index is 13.5. The molecule has 0 aliphatic carbocycles. The average Bonchev–Trinajstić information content (AvgIpc) is 3.10. The molecule has 0 radical (unpaired) electrons. The number of carbonyl (C=O) groups excluding carboxylic acids is 1. The van der Waals surface area contributed by atoms with Crippen molar-refractivity contribution >= 4 is 28.0 Å². The second-order valence-electron chi connectivity index (χ2n) is 6.64. The molecule has 4 heteroatoms. The second kappa shape index (κ2) is 5.99. The van der Waals surface area contributed by atoms with Gasteiger partial charge in [0.25, 0.3) is 0 Å². The van der Waals surface area contributed by atoms with E-state index in [1.807, 2.05) is 43.3 Å². The number of rotatable bonds is 4. The van der Waals surface area contributed by atoms with Crippen molar-refractivity contribution in [3.63, 3.8) is 0 Å². The fourth-order valence-electron chi connectivity index (χ4n) is 3.49. The topological polar surface area (TPSA) is 42.1 Å².